The number of benzene rings is 1. The first kappa shape index (κ1) is 15.6. The molecule has 3 atom stereocenters. The summed E-state index contributed by atoms with van der Waals surface area (Å²) >= 11 is 11.4. The van der Waals surface area contributed by atoms with Gasteiger partial charge in [0.1, 0.15) is 0 Å². The fourth-order valence-electron chi connectivity index (χ4n) is 3.63. The van der Waals surface area contributed by atoms with Gasteiger partial charge >= 0.3 is 5.97 Å². The number of hydrogen-bond acceptors (Lipinski definition) is 3. The largest absolute Gasteiger partial charge is 0.465 e. The molecule has 1 aromatic rings. The Balaban J connectivity index is 1.63. The summed E-state index contributed by atoms with van der Waals surface area (Å²) in [4.78, 5) is 11.7. The third kappa shape index (κ3) is 3.20. The Morgan fingerprint density at radius 3 is 2.82 bits per heavy atom. The quantitative estimate of drug-likeness (QED) is 0.651. The zero-order chi connectivity index (χ0) is 15.7. The van der Waals surface area contributed by atoms with Gasteiger partial charge in [0.25, 0.3) is 0 Å². The number of ether oxygens (including phenoxy) is 1. The van der Waals surface area contributed by atoms with Crippen LogP contribution in [-0.4, -0.2) is 24.2 Å². The van der Waals surface area contributed by atoms with Gasteiger partial charge in [-0.05, 0) is 61.5 Å². The van der Waals surface area contributed by atoms with Gasteiger partial charge in [-0.2, -0.15) is 0 Å². The number of hydrogen-bond donors (Lipinski definition) is 2. The second kappa shape index (κ2) is 6.42. The van der Waals surface area contributed by atoms with E-state index in [0.29, 0.717) is 21.7 Å². The highest BCUT2D eigenvalue weighted by Crippen LogP contribution is 2.44. The Hall–Kier alpha value is -1.33. The van der Waals surface area contributed by atoms with Gasteiger partial charge in [-0.3, -0.25) is 0 Å². The maximum Gasteiger partial charge on any atom is 0.339 e. The fraction of sp³-hybridized carbons (Fsp3) is 0.500. The van der Waals surface area contributed by atoms with E-state index in [0.717, 1.165) is 17.5 Å². The zero-order valence-electron chi connectivity index (χ0n) is 12.4. The minimum absolute atomic E-state index is 0.330. The van der Waals surface area contributed by atoms with Gasteiger partial charge in [-0.25, -0.2) is 4.79 Å². The van der Waals surface area contributed by atoms with Gasteiger partial charge in [0.2, 0.25) is 0 Å². The summed E-state index contributed by atoms with van der Waals surface area (Å²) in [7, 11) is 1.33. The molecule has 2 saturated carbocycles. The lowest BCUT2D eigenvalue weighted by molar-refractivity contribution is 0.0601. The molecule has 2 fully saturated rings. The third-order valence-corrected chi connectivity index (χ3v) is 5.23. The molecule has 2 bridgehead atoms. The van der Waals surface area contributed by atoms with Crippen molar-refractivity contribution >= 4 is 40.6 Å². The molecule has 118 valence electrons. The number of fused-ring (bicyclic) bond motifs is 2. The van der Waals surface area contributed by atoms with E-state index in [4.69, 9.17) is 28.6 Å². The summed E-state index contributed by atoms with van der Waals surface area (Å²) < 4.78 is 4.72. The summed E-state index contributed by atoms with van der Waals surface area (Å²) in [5.74, 6) is 1.16. The third-order valence-electron chi connectivity index (χ3n) is 4.68. The minimum Gasteiger partial charge on any atom is -0.465 e. The van der Waals surface area contributed by atoms with E-state index < -0.39 is 5.97 Å². The van der Waals surface area contributed by atoms with Gasteiger partial charge < -0.3 is 15.4 Å². The summed E-state index contributed by atoms with van der Waals surface area (Å²) in [6.07, 6.45) is 5.20. The molecule has 0 heterocycles. The maximum atomic E-state index is 11.7. The zero-order valence-corrected chi connectivity index (χ0v) is 14.0. The molecule has 0 radical (unpaired) electrons. The molecule has 0 spiro atoms. The van der Waals surface area contributed by atoms with E-state index in [1.54, 1.807) is 18.2 Å². The van der Waals surface area contributed by atoms with Crippen molar-refractivity contribution in [1.29, 1.82) is 0 Å². The Morgan fingerprint density at radius 2 is 2.18 bits per heavy atom. The Labute approximate surface area is 140 Å². The second-order valence-electron chi connectivity index (χ2n) is 6.07. The standard InChI is InChI=1S/C16H19ClN2O2S/c1-21-15(20)12-8-11(4-5-13(12)17)18-16(22)19-14-7-9-2-3-10(14)6-9/h4-5,8-10,14H,2-3,6-7H2,1H3,(H2,18,19,22)/t9-,10+,14+/m0/s1. The number of methoxy groups -OCH3 is 1. The molecule has 3 rings (SSSR count). The number of thiocarbonyl (C=S) groups is 1. The summed E-state index contributed by atoms with van der Waals surface area (Å²) in [6.45, 7) is 0. The summed E-state index contributed by atoms with van der Waals surface area (Å²) in [5.41, 5.74) is 1.06. The van der Waals surface area contributed by atoms with Gasteiger partial charge in [0.05, 0.1) is 17.7 Å². The molecule has 22 heavy (non-hydrogen) atoms. The van der Waals surface area contributed by atoms with Crippen molar-refractivity contribution < 1.29 is 9.53 Å². The molecule has 0 aromatic heterocycles. The fourth-order valence-corrected chi connectivity index (χ4v) is 4.09. The lowest BCUT2D eigenvalue weighted by Crippen LogP contribution is -2.40. The number of esters is 1. The number of carbonyl (C=O) groups is 1. The number of carbonyl (C=O) groups excluding carboxylic acids is 1. The van der Waals surface area contributed by atoms with E-state index in [1.165, 1.54) is 32.8 Å². The van der Waals surface area contributed by atoms with E-state index in [-0.39, 0.29) is 0 Å². The number of rotatable bonds is 3. The molecule has 2 N–H and O–H groups in total. The van der Waals surface area contributed by atoms with Crippen LogP contribution in [0.4, 0.5) is 5.69 Å². The van der Waals surface area contributed by atoms with Crippen molar-refractivity contribution in [3.63, 3.8) is 0 Å². The van der Waals surface area contributed by atoms with Crippen molar-refractivity contribution in [3.8, 4) is 0 Å². The van der Waals surface area contributed by atoms with Crippen LogP contribution in [0.3, 0.4) is 0 Å². The maximum absolute atomic E-state index is 11.7. The number of nitrogens with one attached hydrogen (secondary N) is 2. The van der Waals surface area contributed by atoms with E-state index in [2.05, 4.69) is 10.6 Å². The van der Waals surface area contributed by atoms with Crippen LogP contribution in [0, 0.1) is 11.8 Å². The highest BCUT2D eigenvalue weighted by molar-refractivity contribution is 7.80. The van der Waals surface area contributed by atoms with Crippen LogP contribution in [0.15, 0.2) is 18.2 Å². The summed E-state index contributed by atoms with van der Waals surface area (Å²) in [6, 6.07) is 5.59. The van der Waals surface area contributed by atoms with Crippen LogP contribution in [0.1, 0.15) is 36.0 Å². The average molecular weight is 339 g/mol. The number of halogens is 1. The SMILES string of the molecule is COC(=O)c1cc(NC(=S)N[C@@H]2C[C@H]3CC[C@@H]2C3)ccc1Cl. The molecule has 0 saturated heterocycles. The Morgan fingerprint density at radius 1 is 1.36 bits per heavy atom. The van der Waals surface area contributed by atoms with Crippen molar-refractivity contribution in [3.05, 3.63) is 28.8 Å². The highest BCUT2D eigenvalue weighted by Gasteiger charge is 2.39. The van der Waals surface area contributed by atoms with Gasteiger partial charge in [-0.15, -0.1) is 0 Å². The van der Waals surface area contributed by atoms with Gasteiger partial charge in [-0.1, -0.05) is 18.0 Å². The predicted octanol–water partition coefficient (Wildman–Crippen LogP) is 3.60. The Kier molecular flexibility index (Phi) is 4.54. The van der Waals surface area contributed by atoms with Crippen LogP contribution in [0.5, 0.6) is 0 Å². The van der Waals surface area contributed by atoms with E-state index >= 15 is 0 Å². The van der Waals surface area contributed by atoms with Gasteiger partial charge in [0.15, 0.2) is 5.11 Å². The molecule has 0 aliphatic heterocycles. The predicted molar refractivity (Wildman–Crippen MR) is 91.4 cm³/mol. The molecule has 1 aromatic carbocycles. The van der Waals surface area contributed by atoms with E-state index in [1.807, 2.05) is 0 Å². The minimum atomic E-state index is -0.458. The van der Waals surface area contributed by atoms with Crippen LogP contribution in [-0.2, 0) is 4.74 Å². The van der Waals surface area contributed by atoms with Crippen LogP contribution in [0.25, 0.3) is 0 Å². The smallest absolute Gasteiger partial charge is 0.339 e. The van der Waals surface area contributed by atoms with Crippen LogP contribution in [0.2, 0.25) is 5.02 Å². The molecular weight excluding hydrogens is 320 g/mol. The molecule has 4 nitrogen and oxygen atoms in total. The highest BCUT2D eigenvalue weighted by atomic mass is 35.5. The van der Waals surface area contributed by atoms with Crippen LogP contribution >= 0.6 is 23.8 Å². The number of anilines is 1. The van der Waals surface area contributed by atoms with Crippen molar-refractivity contribution in [2.45, 2.75) is 31.7 Å². The van der Waals surface area contributed by atoms with Crippen molar-refractivity contribution in [2.75, 3.05) is 12.4 Å². The molecule has 0 amide bonds. The first-order valence-corrected chi connectivity index (χ1v) is 8.31. The first-order chi connectivity index (χ1) is 10.6. The monoisotopic (exact) mass is 338 g/mol. The lowest BCUT2D eigenvalue weighted by Gasteiger charge is -2.24. The second-order valence-corrected chi connectivity index (χ2v) is 6.88. The topological polar surface area (TPSA) is 50.4 Å². The molecule has 6 heteroatoms. The Bertz CT molecular complexity index is 608. The van der Waals surface area contributed by atoms with Crippen molar-refractivity contribution in [1.82, 2.24) is 5.32 Å². The van der Waals surface area contributed by atoms with Crippen molar-refractivity contribution in [2.24, 2.45) is 11.8 Å². The average Bonchev–Trinajstić information content (AvgIpc) is 3.11. The van der Waals surface area contributed by atoms with Crippen LogP contribution < -0.4 is 10.6 Å². The molecule has 2 aliphatic rings. The lowest BCUT2D eigenvalue weighted by atomic mass is 9.96. The van der Waals surface area contributed by atoms with E-state index in [9.17, 15) is 4.79 Å². The normalized spacial score (nSPS) is 25.8. The van der Waals surface area contributed by atoms with Gasteiger partial charge in [0, 0.05) is 11.7 Å². The molecule has 2 aliphatic carbocycles. The molecular formula is C16H19ClN2O2S. The summed E-state index contributed by atoms with van der Waals surface area (Å²) in [5, 5.41) is 7.49. The molecule has 0 unspecified atom stereocenters. The first-order valence-electron chi connectivity index (χ1n) is 7.52.